The number of fused-ring (bicyclic) bond motifs is 2. The van der Waals surface area contributed by atoms with Crippen molar-refractivity contribution >= 4 is 34.2 Å². The second-order valence-electron chi connectivity index (χ2n) is 9.69. The second kappa shape index (κ2) is 10.5. The minimum Gasteiger partial charge on any atom is -0.478 e. The van der Waals surface area contributed by atoms with Crippen LogP contribution in [0.3, 0.4) is 0 Å². The van der Waals surface area contributed by atoms with E-state index in [-0.39, 0.29) is 22.7 Å². The molecule has 8 nitrogen and oxygen atoms in total. The summed E-state index contributed by atoms with van der Waals surface area (Å²) >= 11 is 0. The largest absolute Gasteiger partial charge is 0.478 e. The van der Waals surface area contributed by atoms with Gasteiger partial charge in [0.15, 0.2) is 0 Å². The first-order chi connectivity index (χ1) is 19.9. The van der Waals surface area contributed by atoms with Gasteiger partial charge >= 0.3 is 5.97 Å². The minimum absolute atomic E-state index is 0.163. The number of nitrogens with one attached hydrogen (secondary N) is 1. The molecule has 0 saturated carbocycles. The van der Waals surface area contributed by atoms with Crippen molar-refractivity contribution in [3.05, 3.63) is 138 Å². The zero-order valence-corrected chi connectivity index (χ0v) is 22.0. The van der Waals surface area contributed by atoms with Gasteiger partial charge in [-0.05, 0) is 72.1 Å². The molecule has 41 heavy (non-hydrogen) atoms. The fourth-order valence-corrected chi connectivity index (χ4v) is 4.87. The molecule has 0 aliphatic carbocycles. The number of aromatic nitrogens is 3. The molecule has 0 fully saturated rings. The molecule has 8 heteroatoms. The van der Waals surface area contributed by atoms with Crippen molar-refractivity contribution < 1.29 is 19.5 Å². The number of amides is 1. The Morgan fingerprint density at radius 3 is 2.29 bits per heavy atom. The summed E-state index contributed by atoms with van der Waals surface area (Å²) in [4.78, 5) is 47.7. The summed E-state index contributed by atoms with van der Waals surface area (Å²) in [5, 5.41) is 13.0. The highest BCUT2D eigenvalue weighted by Gasteiger charge is 2.22. The fourth-order valence-electron chi connectivity index (χ4n) is 4.87. The number of carboxylic acid groups (broad SMARTS) is 1. The predicted molar refractivity (Wildman–Crippen MR) is 155 cm³/mol. The van der Waals surface area contributed by atoms with Gasteiger partial charge in [0.05, 0.1) is 23.3 Å². The number of nitrogens with zero attached hydrogens (tertiary/aromatic N) is 3. The number of carbonyl (C=O) groups is 3. The lowest BCUT2D eigenvalue weighted by atomic mass is 10.0. The van der Waals surface area contributed by atoms with E-state index in [2.05, 4.69) is 15.3 Å². The molecule has 200 valence electrons. The standard InChI is InChI=1S/C33H24N4O4/c1-20(21-9-11-23(12-10-21)33(40)41)36-32(39)28-17-26(22-6-3-2-4-7-22)18-30-35-19-29(37(28)30)31(38)25-13-14-27-24(16-25)8-5-15-34-27/h2-20H,1H3,(H,36,39)(H,40,41)/t20-/m0/s1. The second-order valence-corrected chi connectivity index (χ2v) is 9.69. The van der Waals surface area contributed by atoms with Gasteiger partial charge in [-0.25, -0.2) is 9.78 Å². The molecule has 0 saturated heterocycles. The molecule has 0 aliphatic rings. The zero-order valence-electron chi connectivity index (χ0n) is 22.0. The molecule has 1 amide bonds. The molecule has 0 radical (unpaired) electrons. The quantitative estimate of drug-likeness (QED) is 0.241. The lowest BCUT2D eigenvalue weighted by Gasteiger charge is -2.17. The van der Waals surface area contributed by atoms with Crippen molar-refractivity contribution in [2.24, 2.45) is 0 Å². The molecular formula is C33H24N4O4. The Labute approximate surface area is 234 Å². The summed E-state index contributed by atoms with van der Waals surface area (Å²) in [6.45, 7) is 1.81. The SMILES string of the molecule is C[C@H](NC(=O)c1cc(-c2ccccc2)cc2ncc(C(=O)c3ccc4ncccc4c3)n12)c1ccc(C(=O)O)cc1. The number of benzene rings is 3. The summed E-state index contributed by atoms with van der Waals surface area (Å²) in [6.07, 6.45) is 3.19. The molecule has 6 rings (SSSR count). The highest BCUT2D eigenvalue weighted by Crippen LogP contribution is 2.26. The maximum Gasteiger partial charge on any atom is 0.335 e. The lowest BCUT2D eigenvalue weighted by molar-refractivity contribution is 0.0696. The highest BCUT2D eigenvalue weighted by molar-refractivity contribution is 6.10. The summed E-state index contributed by atoms with van der Waals surface area (Å²) in [6, 6.07) is 28.1. The van der Waals surface area contributed by atoms with Crippen molar-refractivity contribution in [2.45, 2.75) is 13.0 Å². The normalized spacial score (nSPS) is 11.8. The van der Waals surface area contributed by atoms with Crippen molar-refractivity contribution in [3.8, 4) is 11.1 Å². The Balaban J connectivity index is 1.42. The smallest absolute Gasteiger partial charge is 0.335 e. The number of imidazole rings is 1. The Hall–Kier alpha value is -5.63. The van der Waals surface area contributed by atoms with Crippen LogP contribution in [0.2, 0.25) is 0 Å². The lowest BCUT2D eigenvalue weighted by Crippen LogP contribution is -2.29. The number of aromatic carboxylic acids is 1. The van der Waals surface area contributed by atoms with Gasteiger partial charge in [0.2, 0.25) is 5.78 Å². The third-order valence-electron chi connectivity index (χ3n) is 7.05. The maximum atomic E-state index is 13.8. The molecule has 1 atom stereocenters. The fraction of sp³-hybridized carbons (Fsp3) is 0.0606. The Kier molecular flexibility index (Phi) is 6.57. The number of carboxylic acids is 1. The van der Waals surface area contributed by atoms with Crippen LogP contribution in [0.5, 0.6) is 0 Å². The molecule has 0 bridgehead atoms. The van der Waals surface area contributed by atoms with Crippen LogP contribution in [0.25, 0.3) is 27.7 Å². The van der Waals surface area contributed by atoms with Crippen LogP contribution >= 0.6 is 0 Å². The van der Waals surface area contributed by atoms with Gasteiger partial charge in [-0.1, -0.05) is 48.5 Å². The number of pyridine rings is 2. The molecule has 2 N–H and O–H groups in total. The van der Waals surface area contributed by atoms with Gasteiger partial charge in [-0.15, -0.1) is 0 Å². The number of ketones is 1. The van der Waals surface area contributed by atoms with Crippen LogP contribution in [0.15, 0.2) is 109 Å². The van der Waals surface area contributed by atoms with Gasteiger partial charge in [0, 0.05) is 17.1 Å². The van der Waals surface area contributed by atoms with Crippen molar-refractivity contribution in [1.82, 2.24) is 19.7 Å². The van der Waals surface area contributed by atoms with E-state index in [0.717, 1.165) is 27.6 Å². The van der Waals surface area contributed by atoms with Gasteiger partial charge < -0.3 is 10.4 Å². The Bertz CT molecular complexity index is 1950. The molecule has 0 spiro atoms. The summed E-state index contributed by atoms with van der Waals surface area (Å²) in [7, 11) is 0. The van der Waals surface area contributed by atoms with E-state index < -0.39 is 17.9 Å². The molecule has 3 heterocycles. The first kappa shape index (κ1) is 25.6. The summed E-state index contributed by atoms with van der Waals surface area (Å²) in [5.74, 6) is -1.70. The van der Waals surface area contributed by atoms with Gasteiger partial charge in [-0.3, -0.25) is 19.0 Å². The topological polar surface area (TPSA) is 114 Å². The van der Waals surface area contributed by atoms with E-state index in [1.165, 1.54) is 18.3 Å². The van der Waals surface area contributed by atoms with E-state index in [9.17, 15) is 19.5 Å². The Morgan fingerprint density at radius 2 is 1.54 bits per heavy atom. The molecule has 0 unspecified atom stereocenters. The van der Waals surface area contributed by atoms with E-state index >= 15 is 0 Å². The van der Waals surface area contributed by atoms with Crippen LogP contribution in [0.4, 0.5) is 0 Å². The van der Waals surface area contributed by atoms with E-state index in [4.69, 9.17) is 0 Å². The number of carbonyl (C=O) groups excluding carboxylic acids is 2. The summed E-state index contributed by atoms with van der Waals surface area (Å²) < 4.78 is 1.58. The molecule has 6 aromatic rings. The van der Waals surface area contributed by atoms with Gasteiger partial charge in [-0.2, -0.15) is 0 Å². The van der Waals surface area contributed by atoms with E-state index in [0.29, 0.717) is 11.2 Å². The molecule has 3 aromatic carbocycles. The minimum atomic E-state index is -1.02. The van der Waals surface area contributed by atoms with Gasteiger partial charge in [0.1, 0.15) is 17.0 Å². The average molecular weight is 541 g/mol. The first-order valence-electron chi connectivity index (χ1n) is 13.0. The van der Waals surface area contributed by atoms with Crippen LogP contribution in [-0.2, 0) is 0 Å². The zero-order chi connectivity index (χ0) is 28.5. The number of hydrogen-bond donors (Lipinski definition) is 2. The maximum absolute atomic E-state index is 13.8. The number of rotatable bonds is 7. The van der Waals surface area contributed by atoms with Crippen molar-refractivity contribution in [1.29, 1.82) is 0 Å². The van der Waals surface area contributed by atoms with E-state index in [1.807, 2.05) is 55.5 Å². The van der Waals surface area contributed by atoms with Crippen LogP contribution in [0, 0.1) is 0 Å². The first-order valence-corrected chi connectivity index (χ1v) is 13.0. The number of hydrogen-bond acceptors (Lipinski definition) is 5. The Morgan fingerprint density at radius 1 is 0.780 bits per heavy atom. The molecular weight excluding hydrogens is 516 g/mol. The highest BCUT2D eigenvalue weighted by atomic mass is 16.4. The van der Waals surface area contributed by atoms with Crippen LogP contribution < -0.4 is 5.32 Å². The van der Waals surface area contributed by atoms with Crippen molar-refractivity contribution in [3.63, 3.8) is 0 Å². The van der Waals surface area contributed by atoms with Crippen LogP contribution in [-0.4, -0.2) is 37.1 Å². The van der Waals surface area contributed by atoms with Crippen LogP contribution in [0.1, 0.15) is 55.4 Å². The third kappa shape index (κ3) is 4.94. The molecule has 0 aliphatic heterocycles. The monoisotopic (exact) mass is 540 g/mol. The average Bonchev–Trinajstić information content (AvgIpc) is 3.44. The van der Waals surface area contributed by atoms with E-state index in [1.54, 1.807) is 47.0 Å². The third-order valence-corrected chi connectivity index (χ3v) is 7.05. The van der Waals surface area contributed by atoms with Crippen molar-refractivity contribution in [2.75, 3.05) is 0 Å². The van der Waals surface area contributed by atoms with Gasteiger partial charge in [0.25, 0.3) is 5.91 Å². The molecule has 3 aromatic heterocycles. The predicted octanol–water partition coefficient (Wildman–Crippen LogP) is 5.97. The summed E-state index contributed by atoms with van der Waals surface area (Å²) in [5.41, 5.74) is 4.78.